The Hall–Kier alpha value is -0.370. The van der Waals surface area contributed by atoms with Crippen molar-refractivity contribution in [1.82, 2.24) is 0 Å². The lowest BCUT2D eigenvalue weighted by molar-refractivity contribution is 1.44. The molecule has 0 bridgehead atoms. The van der Waals surface area contributed by atoms with Crippen molar-refractivity contribution < 1.29 is 0 Å². The highest BCUT2D eigenvalue weighted by Gasteiger charge is 2.10. The molecule has 0 N–H and O–H groups in total. The summed E-state index contributed by atoms with van der Waals surface area (Å²) >= 11 is 8.59. The van der Waals surface area contributed by atoms with Gasteiger partial charge in [-0.2, -0.15) is 5.26 Å². The monoisotopic (exact) mass is 329 g/mol. The van der Waals surface area contributed by atoms with Crippen LogP contribution in [0.5, 0.6) is 0 Å². The second-order valence-electron chi connectivity index (χ2n) is 2.81. The second-order valence-corrected chi connectivity index (χ2v) is 5.08. The first-order chi connectivity index (χ1) is 6.77. The minimum Gasteiger partial charge on any atom is -0.192 e. The Kier molecular flexibility index (Phi) is 2.91. The van der Waals surface area contributed by atoms with Crippen molar-refractivity contribution in [3.05, 3.63) is 33.1 Å². The molecule has 0 unspecified atom stereocenters. The molecule has 0 spiro atoms. The Labute approximate surface area is 103 Å². The van der Waals surface area contributed by atoms with Crippen molar-refractivity contribution in [2.45, 2.75) is 5.33 Å². The molecule has 4 heteroatoms. The first-order valence-corrected chi connectivity index (χ1v) is 6.72. The van der Waals surface area contributed by atoms with Gasteiger partial charge in [-0.25, -0.2) is 0 Å². The molecule has 1 heterocycles. The van der Waals surface area contributed by atoms with Gasteiger partial charge in [0.2, 0.25) is 0 Å². The van der Waals surface area contributed by atoms with E-state index in [2.05, 4.69) is 37.9 Å². The number of hydrogen-bond acceptors (Lipinski definition) is 2. The van der Waals surface area contributed by atoms with Crippen LogP contribution in [0.25, 0.3) is 10.1 Å². The lowest BCUT2D eigenvalue weighted by Crippen LogP contribution is -1.84. The van der Waals surface area contributed by atoms with Crippen LogP contribution in [0.15, 0.2) is 22.0 Å². The molecule has 0 aliphatic heterocycles. The number of nitriles is 1. The van der Waals surface area contributed by atoms with Gasteiger partial charge in [-0.3, -0.25) is 0 Å². The summed E-state index contributed by atoms with van der Waals surface area (Å²) in [4.78, 5) is 0. The molecule has 0 atom stereocenters. The zero-order valence-corrected chi connectivity index (χ0v) is 11.0. The van der Waals surface area contributed by atoms with Crippen molar-refractivity contribution in [3.63, 3.8) is 0 Å². The summed E-state index contributed by atoms with van der Waals surface area (Å²) < 4.78 is 2.15. The molecule has 0 aliphatic rings. The van der Waals surface area contributed by atoms with Crippen LogP contribution in [0.4, 0.5) is 0 Å². The fourth-order valence-corrected chi connectivity index (χ4v) is 3.57. The molecular formula is C10H5Br2NS. The molecule has 0 saturated heterocycles. The third kappa shape index (κ3) is 1.50. The quantitative estimate of drug-likeness (QED) is 0.709. The maximum absolute atomic E-state index is 8.94. The van der Waals surface area contributed by atoms with Gasteiger partial charge in [-0.1, -0.05) is 15.9 Å². The molecule has 70 valence electrons. The Balaban J connectivity index is 2.89. The molecule has 14 heavy (non-hydrogen) atoms. The molecule has 2 aromatic rings. The van der Waals surface area contributed by atoms with Crippen LogP contribution in [0.3, 0.4) is 0 Å². The van der Waals surface area contributed by atoms with E-state index < -0.39 is 0 Å². The number of hydrogen-bond donors (Lipinski definition) is 0. The minimum atomic E-state index is 0.699. The van der Waals surface area contributed by atoms with E-state index in [1.807, 2.05) is 17.5 Å². The Bertz CT molecular complexity index is 525. The van der Waals surface area contributed by atoms with Crippen molar-refractivity contribution in [3.8, 4) is 6.07 Å². The third-order valence-corrected chi connectivity index (χ3v) is 4.46. The first kappa shape index (κ1) is 10.2. The summed E-state index contributed by atoms with van der Waals surface area (Å²) in [6.45, 7) is 0. The SMILES string of the molecule is N#Cc1cc(CBr)c2sccc2c1Br. The van der Waals surface area contributed by atoms with Gasteiger partial charge < -0.3 is 0 Å². The Morgan fingerprint density at radius 2 is 2.29 bits per heavy atom. The van der Waals surface area contributed by atoms with E-state index in [9.17, 15) is 0 Å². The second kappa shape index (κ2) is 4.01. The van der Waals surface area contributed by atoms with E-state index in [4.69, 9.17) is 5.26 Å². The molecule has 1 aromatic carbocycles. The zero-order chi connectivity index (χ0) is 10.1. The van der Waals surface area contributed by atoms with E-state index in [1.54, 1.807) is 11.3 Å². The fourth-order valence-electron chi connectivity index (χ4n) is 1.36. The van der Waals surface area contributed by atoms with Crippen molar-refractivity contribution >= 4 is 53.3 Å². The standard InChI is InChI=1S/C10H5Br2NS/c11-4-6-3-7(5-13)9(12)8-1-2-14-10(6)8/h1-3H,4H2. The number of rotatable bonds is 1. The number of halogens is 2. The first-order valence-electron chi connectivity index (χ1n) is 3.92. The van der Waals surface area contributed by atoms with Gasteiger partial charge in [0.1, 0.15) is 6.07 Å². The van der Waals surface area contributed by atoms with Crippen LogP contribution in [0.2, 0.25) is 0 Å². The average Bonchev–Trinajstić information content (AvgIpc) is 2.68. The summed E-state index contributed by atoms with van der Waals surface area (Å²) in [7, 11) is 0. The third-order valence-electron chi connectivity index (χ3n) is 2.01. The number of nitrogens with zero attached hydrogens (tertiary/aromatic N) is 1. The van der Waals surface area contributed by atoms with Gasteiger partial charge in [0.05, 0.1) is 5.56 Å². The van der Waals surface area contributed by atoms with Gasteiger partial charge in [-0.15, -0.1) is 11.3 Å². The smallest absolute Gasteiger partial charge is 0.100 e. The van der Waals surface area contributed by atoms with Crippen molar-refractivity contribution in [2.24, 2.45) is 0 Å². The van der Waals surface area contributed by atoms with E-state index in [-0.39, 0.29) is 0 Å². The van der Waals surface area contributed by atoms with E-state index in [0.29, 0.717) is 5.56 Å². The lowest BCUT2D eigenvalue weighted by Gasteiger charge is -2.02. The van der Waals surface area contributed by atoms with Gasteiger partial charge >= 0.3 is 0 Å². The van der Waals surface area contributed by atoms with Crippen LogP contribution < -0.4 is 0 Å². The highest BCUT2D eigenvalue weighted by Crippen LogP contribution is 2.34. The molecule has 1 nitrogen and oxygen atoms in total. The van der Waals surface area contributed by atoms with Crippen LogP contribution in [-0.4, -0.2) is 0 Å². The highest BCUT2D eigenvalue weighted by atomic mass is 79.9. The summed E-state index contributed by atoms with van der Waals surface area (Å²) in [5, 5.41) is 12.9. The van der Waals surface area contributed by atoms with E-state index in [0.717, 1.165) is 15.2 Å². The lowest BCUT2D eigenvalue weighted by atomic mass is 10.1. The zero-order valence-electron chi connectivity index (χ0n) is 7.05. The number of benzene rings is 1. The summed E-state index contributed by atoms with van der Waals surface area (Å²) in [6.07, 6.45) is 0. The number of thiophene rings is 1. The van der Waals surface area contributed by atoms with Gasteiger partial charge in [0, 0.05) is 19.9 Å². The van der Waals surface area contributed by atoms with Crippen LogP contribution in [-0.2, 0) is 5.33 Å². The highest BCUT2D eigenvalue weighted by molar-refractivity contribution is 9.10. The summed E-state index contributed by atoms with van der Waals surface area (Å²) in [5.41, 5.74) is 1.88. The van der Waals surface area contributed by atoms with Crippen LogP contribution >= 0.6 is 43.2 Å². The summed E-state index contributed by atoms with van der Waals surface area (Å²) in [5.74, 6) is 0. The predicted molar refractivity (Wildman–Crippen MR) is 66.9 cm³/mol. The molecule has 0 fully saturated rings. The normalized spacial score (nSPS) is 10.4. The molecule has 2 rings (SSSR count). The molecule has 0 amide bonds. The van der Waals surface area contributed by atoms with Crippen LogP contribution in [0.1, 0.15) is 11.1 Å². The molecule has 1 aromatic heterocycles. The Morgan fingerprint density at radius 3 is 2.93 bits per heavy atom. The minimum absolute atomic E-state index is 0.699. The number of fused-ring (bicyclic) bond motifs is 1. The molecule has 0 radical (unpaired) electrons. The maximum atomic E-state index is 8.94. The predicted octanol–water partition coefficient (Wildman–Crippen LogP) is 4.43. The van der Waals surface area contributed by atoms with E-state index >= 15 is 0 Å². The maximum Gasteiger partial charge on any atom is 0.100 e. The van der Waals surface area contributed by atoms with Crippen molar-refractivity contribution in [1.29, 1.82) is 5.26 Å². The average molecular weight is 331 g/mol. The Morgan fingerprint density at radius 1 is 1.50 bits per heavy atom. The fraction of sp³-hybridized carbons (Fsp3) is 0.100. The summed E-state index contributed by atoms with van der Waals surface area (Å²) in [6, 6.07) is 6.16. The molecular weight excluding hydrogens is 326 g/mol. The van der Waals surface area contributed by atoms with Crippen LogP contribution in [0, 0.1) is 11.3 Å². The van der Waals surface area contributed by atoms with Crippen molar-refractivity contribution in [2.75, 3.05) is 0 Å². The van der Waals surface area contributed by atoms with Gasteiger partial charge in [0.25, 0.3) is 0 Å². The largest absolute Gasteiger partial charge is 0.192 e. The van der Waals surface area contributed by atoms with E-state index in [1.165, 1.54) is 10.3 Å². The van der Waals surface area contributed by atoms with Gasteiger partial charge in [0.15, 0.2) is 0 Å². The molecule has 0 saturated carbocycles. The van der Waals surface area contributed by atoms with Gasteiger partial charge in [-0.05, 0) is 39.0 Å². The number of alkyl halides is 1. The topological polar surface area (TPSA) is 23.8 Å². The molecule has 0 aliphatic carbocycles.